The molecule has 0 heterocycles. The first-order valence-corrected chi connectivity index (χ1v) is 11.6. The maximum Gasteiger partial charge on any atom is 0.241 e. The van der Waals surface area contributed by atoms with E-state index in [4.69, 9.17) is 9.88 Å². The van der Waals surface area contributed by atoms with E-state index in [1.807, 2.05) is 6.92 Å². The van der Waals surface area contributed by atoms with Gasteiger partial charge in [-0.05, 0) is 49.3 Å². The van der Waals surface area contributed by atoms with Crippen molar-refractivity contribution in [2.75, 3.05) is 40.4 Å². The van der Waals surface area contributed by atoms with Gasteiger partial charge in [0.25, 0.3) is 0 Å². The van der Waals surface area contributed by atoms with Gasteiger partial charge in [0.15, 0.2) is 5.96 Å². The summed E-state index contributed by atoms with van der Waals surface area (Å²) in [6.45, 7) is 4.68. The predicted molar refractivity (Wildman–Crippen MR) is 116 cm³/mol. The topological polar surface area (TPSA) is 126 Å². The van der Waals surface area contributed by atoms with Gasteiger partial charge in [0, 0.05) is 33.9 Å². The third kappa shape index (κ3) is 7.92. The quantitative estimate of drug-likeness (QED) is 0.264. The summed E-state index contributed by atoms with van der Waals surface area (Å²) in [6.07, 6.45) is 3.28. The van der Waals surface area contributed by atoms with Crippen LogP contribution in [-0.2, 0) is 26.1 Å². The van der Waals surface area contributed by atoms with Crippen molar-refractivity contribution in [1.29, 1.82) is 0 Å². The predicted octanol–water partition coefficient (Wildman–Crippen LogP) is 0.664. The van der Waals surface area contributed by atoms with Crippen molar-refractivity contribution < 1.29 is 17.9 Å². The van der Waals surface area contributed by atoms with Gasteiger partial charge in [0.1, 0.15) is 0 Å². The molecule has 0 saturated heterocycles. The number of amides is 1. The van der Waals surface area contributed by atoms with Crippen LogP contribution in [0.15, 0.2) is 34.2 Å². The molecule has 0 unspecified atom stereocenters. The van der Waals surface area contributed by atoms with Crippen molar-refractivity contribution in [3.63, 3.8) is 0 Å². The Morgan fingerprint density at radius 1 is 1.23 bits per heavy atom. The molecule has 1 saturated carbocycles. The number of carbonyl (C=O) groups is 1. The summed E-state index contributed by atoms with van der Waals surface area (Å²) >= 11 is 0. The average Bonchev–Trinajstić information content (AvgIpc) is 3.47. The zero-order valence-corrected chi connectivity index (χ0v) is 18.8. The number of nitrogens with two attached hydrogens (primary N) is 1. The van der Waals surface area contributed by atoms with E-state index >= 15 is 0 Å². The van der Waals surface area contributed by atoms with Gasteiger partial charge in [0.2, 0.25) is 15.9 Å². The Morgan fingerprint density at radius 2 is 1.90 bits per heavy atom. The normalized spacial score (nSPS) is 15.5. The van der Waals surface area contributed by atoms with E-state index in [1.165, 1.54) is 17.0 Å². The minimum atomic E-state index is -3.72. The Labute approximate surface area is 179 Å². The highest BCUT2D eigenvalue weighted by atomic mass is 32.2. The molecule has 0 spiro atoms. The highest BCUT2D eigenvalue weighted by Gasteiger charge is 2.42. The Bertz CT molecular complexity index is 833. The standard InChI is InChI=1S/C20H33N5O4S/c1-4-29-12-11-20(9-10-20)15-24-19(23-14-18(26)25(2)3)22-13-16-5-7-17(8-6-16)30(21,27)28/h5-8H,4,9-15H2,1-3H3,(H2,21,27,28)(H2,22,23,24). The van der Waals surface area contributed by atoms with Gasteiger partial charge >= 0.3 is 0 Å². The zero-order chi connectivity index (χ0) is 22.2. The largest absolute Gasteiger partial charge is 0.382 e. The fourth-order valence-corrected chi connectivity index (χ4v) is 3.36. The van der Waals surface area contributed by atoms with Gasteiger partial charge in [-0.3, -0.25) is 4.79 Å². The molecule has 1 fully saturated rings. The summed E-state index contributed by atoms with van der Waals surface area (Å²) in [4.78, 5) is 18.1. The Morgan fingerprint density at radius 3 is 2.43 bits per heavy atom. The fraction of sp³-hybridized carbons (Fsp3) is 0.600. The van der Waals surface area contributed by atoms with E-state index in [1.54, 1.807) is 26.2 Å². The van der Waals surface area contributed by atoms with Crippen molar-refractivity contribution in [3.05, 3.63) is 29.8 Å². The number of nitrogens with zero attached hydrogens (tertiary/aromatic N) is 2. The number of hydrogen-bond acceptors (Lipinski definition) is 5. The first-order valence-electron chi connectivity index (χ1n) is 10.1. The number of ether oxygens (including phenoxy) is 1. The molecule has 0 bridgehead atoms. The lowest BCUT2D eigenvalue weighted by Gasteiger charge is -2.19. The number of likely N-dealkylation sites (N-methyl/N-ethyl adjacent to an activating group) is 1. The van der Waals surface area contributed by atoms with E-state index < -0.39 is 10.0 Å². The van der Waals surface area contributed by atoms with Gasteiger partial charge in [0.05, 0.1) is 18.0 Å². The molecule has 0 aliphatic heterocycles. The lowest BCUT2D eigenvalue weighted by Crippen LogP contribution is -2.44. The van der Waals surface area contributed by atoms with Gasteiger partial charge < -0.3 is 20.3 Å². The number of nitrogens with one attached hydrogen (secondary N) is 2. The number of primary sulfonamides is 1. The molecule has 2 rings (SSSR count). The average molecular weight is 440 g/mol. The third-order valence-electron chi connectivity index (χ3n) is 5.15. The lowest BCUT2D eigenvalue weighted by molar-refractivity contribution is -0.127. The first-order chi connectivity index (χ1) is 14.1. The van der Waals surface area contributed by atoms with Crippen LogP contribution in [-0.4, -0.2) is 65.6 Å². The summed E-state index contributed by atoms with van der Waals surface area (Å²) < 4.78 is 28.2. The fourth-order valence-electron chi connectivity index (χ4n) is 2.84. The van der Waals surface area contributed by atoms with E-state index in [9.17, 15) is 13.2 Å². The van der Waals surface area contributed by atoms with Gasteiger partial charge in [-0.1, -0.05) is 12.1 Å². The zero-order valence-electron chi connectivity index (χ0n) is 18.0. The van der Waals surface area contributed by atoms with Crippen LogP contribution in [0.2, 0.25) is 0 Å². The number of sulfonamides is 1. The summed E-state index contributed by atoms with van der Waals surface area (Å²) in [7, 11) is -0.313. The van der Waals surface area contributed by atoms with E-state index in [2.05, 4.69) is 15.6 Å². The molecule has 30 heavy (non-hydrogen) atoms. The smallest absolute Gasteiger partial charge is 0.241 e. The second kappa shape index (κ2) is 10.7. The Kier molecular flexibility index (Phi) is 8.63. The van der Waals surface area contributed by atoms with E-state index in [-0.39, 0.29) is 22.8 Å². The Balaban J connectivity index is 2.00. The van der Waals surface area contributed by atoms with Gasteiger partial charge in [-0.15, -0.1) is 0 Å². The molecule has 1 amide bonds. The molecule has 0 atom stereocenters. The van der Waals surface area contributed by atoms with Gasteiger partial charge in [-0.2, -0.15) is 0 Å². The summed E-state index contributed by atoms with van der Waals surface area (Å²) in [5.74, 6) is 0.489. The summed E-state index contributed by atoms with van der Waals surface area (Å²) in [5.41, 5.74) is 1.06. The molecule has 0 radical (unpaired) electrons. The van der Waals surface area contributed by atoms with Crippen LogP contribution in [0.25, 0.3) is 0 Å². The number of hydrogen-bond donors (Lipinski definition) is 3. The third-order valence-corrected chi connectivity index (χ3v) is 6.08. The molecule has 1 aromatic carbocycles. The highest BCUT2D eigenvalue weighted by molar-refractivity contribution is 7.89. The minimum Gasteiger partial charge on any atom is -0.382 e. The summed E-state index contributed by atoms with van der Waals surface area (Å²) in [5, 5.41) is 11.6. The van der Waals surface area contributed by atoms with Crippen LogP contribution in [0, 0.1) is 5.41 Å². The van der Waals surface area contributed by atoms with Crippen LogP contribution < -0.4 is 15.8 Å². The molecular formula is C20H33N5O4S. The molecule has 1 aliphatic carbocycles. The lowest BCUT2D eigenvalue weighted by atomic mass is 10.0. The molecule has 9 nitrogen and oxygen atoms in total. The highest BCUT2D eigenvalue weighted by Crippen LogP contribution is 2.48. The SMILES string of the molecule is CCOCCC1(CNC(=NCc2ccc(S(N)(=O)=O)cc2)NCC(=O)N(C)C)CC1. The molecule has 0 aromatic heterocycles. The second-order valence-corrected chi connectivity index (χ2v) is 9.36. The monoisotopic (exact) mass is 439 g/mol. The number of aliphatic imine (C=N–C) groups is 1. The minimum absolute atomic E-state index is 0.0560. The molecule has 1 aromatic rings. The number of rotatable bonds is 11. The van der Waals surface area contributed by atoms with Crippen LogP contribution in [0.5, 0.6) is 0 Å². The Hall–Kier alpha value is -2.17. The molecule has 10 heteroatoms. The maximum absolute atomic E-state index is 11.9. The number of benzene rings is 1. The second-order valence-electron chi connectivity index (χ2n) is 7.80. The van der Waals surface area contributed by atoms with E-state index in [0.717, 1.165) is 38.0 Å². The van der Waals surface area contributed by atoms with Gasteiger partial charge in [-0.25, -0.2) is 18.5 Å². The van der Waals surface area contributed by atoms with E-state index in [0.29, 0.717) is 19.1 Å². The van der Waals surface area contributed by atoms with Crippen molar-refractivity contribution >= 4 is 21.9 Å². The molecular weight excluding hydrogens is 406 g/mol. The first kappa shape index (κ1) is 24.1. The van der Waals surface area contributed by atoms with Crippen LogP contribution in [0.1, 0.15) is 31.7 Å². The maximum atomic E-state index is 11.9. The summed E-state index contributed by atoms with van der Waals surface area (Å²) in [6, 6.07) is 6.28. The van der Waals surface area contributed by atoms with Crippen molar-refractivity contribution in [3.8, 4) is 0 Å². The number of carbonyl (C=O) groups excluding carboxylic acids is 1. The molecule has 1 aliphatic rings. The van der Waals surface area contributed by atoms with Crippen LogP contribution in [0.4, 0.5) is 0 Å². The molecule has 168 valence electrons. The number of guanidine groups is 1. The van der Waals surface area contributed by atoms with Crippen molar-refractivity contribution in [2.24, 2.45) is 15.5 Å². The van der Waals surface area contributed by atoms with Crippen molar-refractivity contribution in [1.82, 2.24) is 15.5 Å². The molecule has 4 N–H and O–H groups in total. The van der Waals surface area contributed by atoms with Crippen molar-refractivity contribution in [2.45, 2.75) is 37.6 Å². The van der Waals surface area contributed by atoms with Crippen LogP contribution >= 0.6 is 0 Å². The van der Waals surface area contributed by atoms with Crippen LogP contribution in [0.3, 0.4) is 0 Å².